The van der Waals surface area contributed by atoms with Crippen molar-refractivity contribution in [3.8, 4) is 5.75 Å². The van der Waals surface area contributed by atoms with Crippen LogP contribution in [-0.2, 0) is 17.8 Å². The van der Waals surface area contributed by atoms with Gasteiger partial charge in [0.2, 0.25) is 5.91 Å². The van der Waals surface area contributed by atoms with Gasteiger partial charge < -0.3 is 15.4 Å². The summed E-state index contributed by atoms with van der Waals surface area (Å²) in [6.07, 6.45) is 2.08. The van der Waals surface area contributed by atoms with E-state index in [0.717, 1.165) is 32.5 Å². The molecule has 0 unspecified atom stereocenters. The zero-order chi connectivity index (χ0) is 18.4. The van der Waals surface area contributed by atoms with E-state index in [1.54, 1.807) is 7.11 Å². The third-order valence-corrected chi connectivity index (χ3v) is 4.62. The van der Waals surface area contributed by atoms with E-state index < -0.39 is 0 Å². The number of methoxy groups -OCH3 is 1. The number of rotatable bonds is 8. The maximum absolute atomic E-state index is 12.6. The van der Waals surface area contributed by atoms with E-state index in [2.05, 4.69) is 40.7 Å². The Bertz CT molecular complexity index is 767. The van der Waals surface area contributed by atoms with Gasteiger partial charge in [-0.3, -0.25) is 9.69 Å². The minimum absolute atomic E-state index is 0. The van der Waals surface area contributed by atoms with Gasteiger partial charge in [-0.1, -0.05) is 37.3 Å². The molecular weight excluding hydrogens is 362 g/mol. The summed E-state index contributed by atoms with van der Waals surface area (Å²) >= 11 is 0. The number of amides is 1. The highest BCUT2D eigenvalue weighted by molar-refractivity contribution is 5.93. The molecule has 0 bridgehead atoms. The fourth-order valence-corrected chi connectivity index (χ4v) is 3.45. The molecule has 3 rings (SSSR count). The van der Waals surface area contributed by atoms with E-state index in [1.165, 1.54) is 16.8 Å². The molecule has 0 aliphatic carbocycles. The van der Waals surface area contributed by atoms with Gasteiger partial charge in [0.25, 0.3) is 0 Å². The molecule has 6 heteroatoms. The molecule has 0 fully saturated rings. The molecule has 5 nitrogen and oxygen atoms in total. The fraction of sp³-hybridized carbons (Fsp3) is 0.381. The number of anilines is 2. The van der Waals surface area contributed by atoms with Gasteiger partial charge in [0.1, 0.15) is 5.75 Å². The number of benzene rings is 2. The molecule has 0 spiro atoms. The smallest absolute Gasteiger partial charge is 0.238 e. The molecule has 146 valence electrons. The molecule has 0 saturated carbocycles. The van der Waals surface area contributed by atoms with Crippen molar-refractivity contribution in [2.24, 2.45) is 0 Å². The Morgan fingerprint density at radius 2 is 2.04 bits per heavy atom. The standard InChI is InChI=1S/C21H27N3O2.ClH/c1-3-13-24(14-17-8-6-7-16-11-12-22-21(16)17)15-20(25)23-18-9-4-5-10-19(18)26-2;/h4-10,22H,3,11-15H2,1-2H3,(H,23,25);1H. The van der Waals surface area contributed by atoms with Gasteiger partial charge in [-0.05, 0) is 42.6 Å². The first-order valence-electron chi connectivity index (χ1n) is 9.21. The molecule has 1 aliphatic rings. The molecule has 1 aliphatic heterocycles. The van der Waals surface area contributed by atoms with E-state index in [1.807, 2.05) is 24.3 Å². The summed E-state index contributed by atoms with van der Waals surface area (Å²) in [6.45, 7) is 5.13. The first-order valence-corrected chi connectivity index (χ1v) is 9.21. The molecule has 2 N–H and O–H groups in total. The van der Waals surface area contributed by atoms with Crippen molar-refractivity contribution in [1.82, 2.24) is 4.90 Å². The third-order valence-electron chi connectivity index (χ3n) is 4.62. The Morgan fingerprint density at radius 3 is 2.81 bits per heavy atom. The topological polar surface area (TPSA) is 53.6 Å². The SMILES string of the molecule is CCCN(CC(=O)Nc1ccccc1OC)Cc1cccc2c1NCC2.Cl. The predicted molar refractivity (Wildman–Crippen MR) is 113 cm³/mol. The molecule has 1 heterocycles. The van der Waals surface area contributed by atoms with E-state index in [9.17, 15) is 4.79 Å². The van der Waals surface area contributed by atoms with Crippen molar-refractivity contribution in [1.29, 1.82) is 0 Å². The third kappa shape index (κ3) is 5.37. The van der Waals surface area contributed by atoms with E-state index in [0.29, 0.717) is 18.0 Å². The van der Waals surface area contributed by atoms with Crippen LogP contribution in [0.1, 0.15) is 24.5 Å². The molecule has 1 amide bonds. The number of nitrogens with zero attached hydrogens (tertiary/aromatic N) is 1. The number of fused-ring (bicyclic) bond motifs is 1. The predicted octanol–water partition coefficient (Wildman–Crippen LogP) is 3.94. The van der Waals surface area contributed by atoms with Crippen LogP contribution in [0, 0.1) is 0 Å². The van der Waals surface area contributed by atoms with Crippen LogP contribution in [0.25, 0.3) is 0 Å². The van der Waals surface area contributed by atoms with Crippen LogP contribution in [-0.4, -0.2) is 37.6 Å². The van der Waals surface area contributed by atoms with Gasteiger partial charge in [0.15, 0.2) is 0 Å². The van der Waals surface area contributed by atoms with Crippen LogP contribution in [0.15, 0.2) is 42.5 Å². The number of carbonyl (C=O) groups is 1. The lowest BCUT2D eigenvalue weighted by atomic mass is 10.1. The van der Waals surface area contributed by atoms with Crippen LogP contribution in [0.3, 0.4) is 0 Å². The maximum atomic E-state index is 12.6. The molecule has 2 aromatic rings. The number of carbonyl (C=O) groups excluding carboxylic acids is 1. The van der Waals surface area contributed by atoms with Crippen LogP contribution in [0.4, 0.5) is 11.4 Å². The second kappa shape index (κ2) is 10.2. The van der Waals surface area contributed by atoms with Crippen molar-refractivity contribution in [3.63, 3.8) is 0 Å². The Balaban J connectivity index is 0.00000261. The molecular formula is C21H28ClN3O2. The maximum Gasteiger partial charge on any atom is 0.238 e. The average molecular weight is 390 g/mol. The highest BCUT2D eigenvalue weighted by atomic mass is 35.5. The highest BCUT2D eigenvalue weighted by Gasteiger charge is 2.17. The molecule has 0 atom stereocenters. The number of ether oxygens (including phenoxy) is 1. The summed E-state index contributed by atoms with van der Waals surface area (Å²) in [7, 11) is 1.61. The lowest BCUT2D eigenvalue weighted by molar-refractivity contribution is -0.117. The Morgan fingerprint density at radius 1 is 1.22 bits per heavy atom. The summed E-state index contributed by atoms with van der Waals surface area (Å²) in [5.41, 5.74) is 4.59. The summed E-state index contributed by atoms with van der Waals surface area (Å²) < 4.78 is 5.31. The quantitative estimate of drug-likeness (QED) is 0.718. The lowest BCUT2D eigenvalue weighted by Crippen LogP contribution is -2.33. The van der Waals surface area contributed by atoms with Crippen LogP contribution in [0.5, 0.6) is 5.75 Å². The van der Waals surface area contributed by atoms with E-state index in [4.69, 9.17) is 4.74 Å². The summed E-state index contributed by atoms with van der Waals surface area (Å²) in [4.78, 5) is 14.8. The van der Waals surface area contributed by atoms with Crippen LogP contribution in [0.2, 0.25) is 0 Å². The largest absolute Gasteiger partial charge is 0.495 e. The van der Waals surface area contributed by atoms with Gasteiger partial charge in [0, 0.05) is 18.8 Å². The van der Waals surface area contributed by atoms with Crippen molar-refractivity contribution in [2.75, 3.05) is 37.4 Å². The van der Waals surface area contributed by atoms with Crippen LogP contribution < -0.4 is 15.4 Å². The van der Waals surface area contributed by atoms with Gasteiger partial charge >= 0.3 is 0 Å². The van der Waals surface area contributed by atoms with Gasteiger partial charge in [0.05, 0.1) is 19.3 Å². The van der Waals surface area contributed by atoms with E-state index in [-0.39, 0.29) is 18.3 Å². The number of para-hydroxylation sites is 3. The Hall–Kier alpha value is -2.24. The first kappa shape index (κ1) is 21.1. The van der Waals surface area contributed by atoms with Crippen LogP contribution >= 0.6 is 12.4 Å². The van der Waals surface area contributed by atoms with Crippen molar-refractivity contribution in [3.05, 3.63) is 53.6 Å². The minimum Gasteiger partial charge on any atom is -0.495 e. The summed E-state index contributed by atoms with van der Waals surface area (Å²) in [5, 5.41) is 6.45. The zero-order valence-corrected chi connectivity index (χ0v) is 16.8. The van der Waals surface area contributed by atoms with Crippen molar-refractivity contribution >= 4 is 29.7 Å². The number of hydrogen-bond donors (Lipinski definition) is 2. The number of halogens is 1. The van der Waals surface area contributed by atoms with Gasteiger partial charge in [-0.15, -0.1) is 12.4 Å². The molecule has 2 aromatic carbocycles. The molecule has 27 heavy (non-hydrogen) atoms. The fourth-order valence-electron chi connectivity index (χ4n) is 3.45. The monoisotopic (exact) mass is 389 g/mol. The van der Waals surface area contributed by atoms with E-state index >= 15 is 0 Å². The van der Waals surface area contributed by atoms with Crippen molar-refractivity contribution < 1.29 is 9.53 Å². The summed E-state index contributed by atoms with van der Waals surface area (Å²) in [5.74, 6) is 0.649. The first-order chi connectivity index (χ1) is 12.7. The van der Waals surface area contributed by atoms with Gasteiger partial charge in [-0.25, -0.2) is 0 Å². The highest BCUT2D eigenvalue weighted by Crippen LogP contribution is 2.27. The molecule has 0 aromatic heterocycles. The second-order valence-electron chi connectivity index (χ2n) is 6.59. The zero-order valence-electron chi connectivity index (χ0n) is 16.0. The number of hydrogen-bond acceptors (Lipinski definition) is 4. The minimum atomic E-state index is -0.0246. The second-order valence-corrected chi connectivity index (χ2v) is 6.59. The van der Waals surface area contributed by atoms with Crippen molar-refractivity contribution in [2.45, 2.75) is 26.3 Å². The lowest BCUT2D eigenvalue weighted by Gasteiger charge is -2.23. The number of nitrogens with one attached hydrogen (secondary N) is 2. The molecule has 0 radical (unpaired) electrons. The average Bonchev–Trinajstić information content (AvgIpc) is 3.12. The van der Waals surface area contributed by atoms with Gasteiger partial charge in [-0.2, -0.15) is 0 Å². The Kier molecular flexibility index (Phi) is 7.95. The Labute approximate surface area is 167 Å². The normalized spacial score (nSPS) is 12.1. The molecule has 0 saturated heterocycles. The summed E-state index contributed by atoms with van der Waals surface area (Å²) in [6, 6.07) is 13.9.